The monoisotopic (exact) mass is 329 g/mol. The highest BCUT2D eigenvalue weighted by molar-refractivity contribution is 7.94. The van der Waals surface area contributed by atoms with Crippen LogP contribution in [-0.4, -0.2) is 29.4 Å². The summed E-state index contributed by atoms with van der Waals surface area (Å²) in [5.41, 5.74) is 0.149. The fourth-order valence-electron chi connectivity index (χ4n) is 1.45. The number of nitro benzene ring substituents is 1. The maximum absolute atomic E-state index is 12.1. The Balaban J connectivity index is 2.38. The summed E-state index contributed by atoms with van der Waals surface area (Å²) in [6.07, 6.45) is 0. The van der Waals surface area contributed by atoms with Gasteiger partial charge in [0.15, 0.2) is 9.90 Å². The number of carboxylic acids is 1. The lowest BCUT2D eigenvalue weighted by atomic mass is 10.3. The molecule has 21 heavy (non-hydrogen) atoms. The molecule has 9 nitrogen and oxygen atoms in total. The smallest absolute Gasteiger partial charge is 0.356 e. The first-order chi connectivity index (χ1) is 9.81. The molecule has 0 bridgehead atoms. The highest BCUT2D eigenvalue weighted by Gasteiger charge is 2.26. The Labute approximate surface area is 122 Å². The van der Waals surface area contributed by atoms with Crippen LogP contribution in [0.4, 0.5) is 11.4 Å². The first-order valence-electron chi connectivity index (χ1n) is 5.25. The number of nitrogens with zero attached hydrogens (tertiary/aromatic N) is 2. The molecule has 0 amide bonds. The zero-order valence-electron chi connectivity index (χ0n) is 10.1. The number of benzene rings is 1. The topological polar surface area (TPSA) is 140 Å². The van der Waals surface area contributed by atoms with E-state index in [0.717, 1.165) is 11.6 Å². The van der Waals surface area contributed by atoms with Crippen LogP contribution >= 0.6 is 11.3 Å². The lowest BCUT2D eigenvalue weighted by molar-refractivity contribution is -0.384. The minimum atomic E-state index is -4.19. The Morgan fingerprint density at radius 3 is 2.76 bits per heavy atom. The Morgan fingerprint density at radius 1 is 1.43 bits per heavy atom. The van der Waals surface area contributed by atoms with Crippen LogP contribution in [0, 0.1) is 10.1 Å². The number of hydrogen-bond donors (Lipinski definition) is 2. The molecular formula is C10H7N3O6S2. The van der Waals surface area contributed by atoms with Gasteiger partial charge in [0.2, 0.25) is 0 Å². The molecule has 2 aromatic rings. The maximum atomic E-state index is 12.1. The van der Waals surface area contributed by atoms with Crippen LogP contribution in [0.15, 0.2) is 34.0 Å². The van der Waals surface area contributed by atoms with Crippen molar-refractivity contribution in [2.24, 2.45) is 0 Å². The standard InChI is InChI=1S/C10H7N3O6S2/c14-9(15)8-10(20-5-11-8)21(18,19)12-6-2-1-3-7(4-6)13(16)17/h1-5,12H,(H,14,15). The summed E-state index contributed by atoms with van der Waals surface area (Å²) >= 11 is 0.638. The summed E-state index contributed by atoms with van der Waals surface area (Å²) in [5.74, 6) is -1.48. The number of non-ortho nitro benzene ring substituents is 1. The molecule has 0 aliphatic heterocycles. The van der Waals surface area contributed by atoms with E-state index in [-0.39, 0.29) is 11.4 Å². The number of rotatable bonds is 5. The van der Waals surface area contributed by atoms with Crippen LogP contribution in [0.3, 0.4) is 0 Å². The van der Waals surface area contributed by atoms with E-state index < -0.39 is 30.8 Å². The molecule has 1 heterocycles. The Bertz CT molecular complexity index is 814. The van der Waals surface area contributed by atoms with Crippen LogP contribution in [0.25, 0.3) is 0 Å². The normalized spacial score (nSPS) is 11.0. The fraction of sp³-hybridized carbons (Fsp3) is 0. The number of sulfonamides is 1. The number of aromatic carboxylic acids is 1. The molecule has 0 aliphatic rings. The van der Waals surface area contributed by atoms with Crippen molar-refractivity contribution in [1.82, 2.24) is 4.98 Å². The van der Waals surface area contributed by atoms with Gasteiger partial charge in [-0.3, -0.25) is 14.8 Å². The second-order valence-electron chi connectivity index (χ2n) is 3.71. The van der Waals surface area contributed by atoms with Crippen molar-refractivity contribution < 1.29 is 23.2 Å². The van der Waals surface area contributed by atoms with Crippen molar-refractivity contribution in [3.05, 3.63) is 45.6 Å². The number of hydrogen-bond acceptors (Lipinski definition) is 7. The molecule has 0 saturated heterocycles. The molecular weight excluding hydrogens is 322 g/mol. The van der Waals surface area contributed by atoms with Gasteiger partial charge < -0.3 is 5.11 Å². The Kier molecular flexibility index (Phi) is 3.86. The quantitative estimate of drug-likeness (QED) is 0.626. The van der Waals surface area contributed by atoms with Crippen molar-refractivity contribution >= 4 is 38.7 Å². The number of carboxylic acid groups (broad SMARTS) is 1. The van der Waals surface area contributed by atoms with E-state index >= 15 is 0 Å². The van der Waals surface area contributed by atoms with E-state index in [1.54, 1.807) is 0 Å². The third kappa shape index (κ3) is 3.14. The molecule has 0 saturated carbocycles. The lowest BCUT2D eigenvalue weighted by Gasteiger charge is -2.06. The SMILES string of the molecule is O=C(O)c1ncsc1S(=O)(=O)Nc1cccc([N+](=O)[O-])c1. The minimum Gasteiger partial charge on any atom is -0.476 e. The highest BCUT2D eigenvalue weighted by atomic mass is 32.2. The lowest BCUT2D eigenvalue weighted by Crippen LogP contribution is -2.15. The molecule has 0 fully saturated rings. The molecule has 0 spiro atoms. The van der Waals surface area contributed by atoms with Crippen LogP contribution in [0.2, 0.25) is 0 Å². The first kappa shape index (κ1) is 14.9. The summed E-state index contributed by atoms with van der Waals surface area (Å²) in [4.78, 5) is 24.3. The third-order valence-corrected chi connectivity index (χ3v) is 5.04. The summed E-state index contributed by atoms with van der Waals surface area (Å²) in [5, 5.41) is 19.5. The first-order valence-corrected chi connectivity index (χ1v) is 7.61. The number of thiazole rings is 1. The number of anilines is 1. The molecule has 11 heteroatoms. The van der Waals surface area contributed by atoms with Gasteiger partial charge in [0.1, 0.15) is 0 Å². The van der Waals surface area contributed by atoms with Gasteiger partial charge in [-0.05, 0) is 6.07 Å². The number of nitrogens with one attached hydrogen (secondary N) is 1. The van der Waals surface area contributed by atoms with E-state index in [0.29, 0.717) is 11.3 Å². The minimum absolute atomic E-state index is 0.0473. The van der Waals surface area contributed by atoms with Crippen molar-refractivity contribution in [3.63, 3.8) is 0 Å². The second-order valence-corrected chi connectivity index (χ2v) is 6.44. The van der Waals surface area contributed by atoms with Crippen molar-refractivity contribution in [3.8, 4) is 0 Å². The van der Waals surface area contributed by atoms with Gasteiger partial charge in [-0.25, -0.2) is 18.2 Å². The predicted octanol–water partition coefficient (Wildman–Crippen LogP) is 1.55. The van der Waals surface area contributed by atoms with Crippen molar-refractivity contribution in [1.29, 1.82) is 0 Å². The molecule has 0 unspecified atom stereocenters. The molecule has 0 aliphatic carbocycles. The number of nitro groups is 1. The zero-order valence-corrected chi connectivity index (χ0v) is 11.7. The summed E-state index contributed by atoms with van der Waals surface area (Å²) in [7, 11) is -4.19. The van der Waals surface area contributed by atoms with E-state index in [1.807, 2.05) is 0 Å². The fourth-order valence-corrected chi connectivity index (χ4v) is 3.64. The molecule has 1 aromatic heterocycles. The van der Waals surface area contributed by atoms with Gasteiger partial charge >= 0.3 is 5.97 Å². The molecule has 0 atom stereocenters. The van der Waals surface area contributed by atoms with Gasteiger partial charge in [0, 0.05) is 12.1 Å². The number of carbonyl (C=O) groups is 1. The van der Waals surface area contributed by atoms with E-state index in [4.69, 9.17) is 5.11 Å². The third-order valence-electron chi connectivity index (χ3n) is 2.29. The molecule has 0 radical (unpaired) electrons. The van der Waals surface area contributed by atoms with Crippen LogP contribution in [0.1, 0.15) is 10.5 Å². The summed E-state index contributed by atoms with van der Waals surface area (Å²) < 4.78 is 25.8. The maximum Gasteiger partial charge on any atom is 0.356 e. The van der Waals surface area contributed by atoms with Gasteiger partial charge in [-0.2, -0.15) is 0 Å². The highest BCUT2D eigenvalue weighted by Crippen LogP contribution is 2.25. The van der Waals surface area contributed by atoms with Crippen LogP contribution < -0.4 is 4.72 Å². The average molecular weight is 329 g/mol. The van der Waals surface area contributed by atoms with Gasteiger partial charge in [0.25, 0.3) is 15.7 Å². The zero-order chi connectivity index (χ0) is 15.6. The van der Waals surface area contributed by atoms with Gasteiger partial charge in [-0.1, -0.05) is 6.07 Å². The summed E-state index contributed by atoms with van der Waals surface area (Å²) in [6.45, 7) is 0. The molecule has 2 rings (SSSR count). The molecule has 1 aromatic carbocycles. The van der Waals surface area contributed by atoms with Crippen molar-refractivity contribution in [2.45, 2.75) is 4.21 Å². The van der Waals surface area contributed by atoms with Gasteiger partial charge in [-0.15, -0.1) is 11.3 Å². The largest absolute Gasteiger partial charge is 0.476 e. The van der Waals surface area contributed by atoms with Crippen molar-refractivity contribution in [2.75, 3.05) is 4.72 Å². The second kappa shape index (κ2) is 5.46. The Morgan fingerprint density at radius 2 is 2.14 bits per heavy atom. The summed E-state index contributed by atoms with van der Waals surface area (Å²) in [6, 6.07) is 4.85. The van der Waals surface area contributed by atoms with Crippen LogP contribution in [0.5, 0.6) is 0 Å². The van der Waals surface area contributed by atoms with E-state index in [1.165, 1.54) is 18.2 Å². The Hall–Kier alpha value is -2.53. The molecule has 110 valence electrons. The number of aromatic nitrogens is 1. The van der Waals surface area contributed by atoms with E-state index in [2.05, 4.69) is 9.71 Å². The van der Waals surface area contributed by atoms with Gasteiger partial charge in [0.05, 0.1) is 16.1 Å². The van der Waals surface area contributed by atoms with E-state index in [9.17, 15) is 23.3 Å². The average Bonchev–Trinajstić information content (AvgIpc) is 2.88. The molecule has 2 N–H and O–H groups in total. The predicted molar refractivity (Wildman–Crippen MR) is 73.0 cm³/mol. The van der Waals surface area contributed by atoms with Crippen LogP contribution in [-0.2, 0) is 10.0 Å².